The van der Waals surface area contributed by atoms with Gasteiger partial charge in [0.05, 0.1) is 6.04 Å². The van der Waals surface area contributed by atoms with Crippen LogP contribution in [0.4, 0.5) is 0 Å². The lowest BCUT2D eigenvalue weighted by Crippen LogP contribution is -2.39. The van der Waals surface area contributed by atoms with Crippen molar-refractivity contribution in [2.75, 3.05) is 13.1 Å². The highest BCUT2D eigenvalue weighted by Crippen LogP contribution is 2.26. The van der Waals surface area contributed by atoms with Crippen LogP contribution in [-0.4, -0.2) is 29.8 Å². The Hall–Kier alpha value is -0.670. The number of nitrogens with zero attached hydrogens (tertiary/aromatic N) is 1. The summed E-state index contributed by atoms with van der Waals surface area (Å²) in [6, 6.07) is 7.70. The number of hydrogen-bond donors (Lipinski definition) is 0. The maximum Gasteiger partial charge on any atom is 0.179 e. The summed E-state index contributed by atoms with van der Waals surface area (Å²) in [5.74, 6) is 1.80. The molecule has 2 unspecified atom stereocenters. The minimum absolute atomic E-state index is 0.0166. The van der Waals surface area contributed by atoms with Crippen LogP contribution in [0, 0.1) is 11.8 Å². The largest absolute Gasteiger partial charge is 0.293 e. The molecule has 0 saturated carbocycles. The fourth-order valence-corrected chi connectivity index (χ4v) is 3.48. The summed E-state index contributed by atoms with van der Waals surface area (Å²) in [7, 11) is 0. The molecule has 2 atom stereocenters. The molecule has 1 aliphatic rings. The highest BCUT2D eigenvalue weighted by molar-refractivity contribution is 9.10. The van der Waals surface area contributed by atoms with Crippen LogP contribution in [0.1, 0.15) is 50.4 Å². The van der Waals surface area contributed by atoms with Crippen molar-refractivity contribution in [1.29, 1.82) is 0 Å². The highest BCUT2D eigenvalue weighted by atomic mass is 79.9. The van der Waals surface area contributed by atoms with Gasteiger partial charge in [-0.25, -0.2) is 0 Å². The zero-order valence-corrected chi connectivity index (χ0v) is 14.9. The molecule has 1 saturated heterocycles. The fraction of sp³-hybridized carbons (Fsp3) is 0.611. The Kier molecular flexibility index (Phi) is 6.00. The van der Waals surface area contributed by atoms with Crippen LogP contribution >= 0.6 is 15.9 Å². The quantitative estimate of drug-likeness (QED) is 0.727. The second kappa shape index (κ2) is 7.55. The second-order valence-corrected chi connectivity index (χ2v) is 7.43. The molecular weight excluding hydrogens is 326 g/mol. The molecule has 1 aromatic carbocycles. The third-order valence-electron chi connectivity index (χ3n) is 4.81. The van der Waals surface area contributed by atoms with Crippen molar-refractivity contribution in [1.82, 2.24) is 4.90 Å². The van der Waals surface area contributed by atoms with Gasteiger partial charge in [-0.15, -0.1) is 0 Å². The van der Waals surface area contributed by atoms with Gasteiger partial charge in [-0.1, -0.05) is 41.9 Å². The van der Waals surface area contributed by atoms with E-state index in [1.165, 1.54) is 19.3 Å². The maximum atomic E-state index is 12.6. The van der Waals surface area contributed by atoms with Crippen molar-refractivity contribution in [2.45, 2.75) is 46.1 Å². The Bertz CT molecular complexity index is 469. The molecule has 0 spiro atoms. The molecule has 1 fully saturated rings. The first-order chi connectivity index (χ1) is 9.99. The molecule has 0 bridgehead atoms. The van der Waals surface area contributed by atoms with Crippen molar-refractivity contribution in [3.8, 4) is 0 Å². The minimum Gasteiger partial charge on any atom is -0.293 e. The van der Waals surface area contributed by atoms with Crippen LogP contribution in [0.5, 0.6) is 0 Å². The number of Topliss-reactive ketones (excluding diaryl/α,β-unsaturated/α-hetero) is 1. The van der Waals surface area contributed by atoms with E-state index in [2.05, 4.69) is 41.6 Å². The average Bonchev–Trinajstić information content (AvgIpc) is 2.72. The van der Waals surface area contributed by atoms with E-state index >= 15 is 0 Å². The molecule has 1 heterocycles. The molecule has 0 aliphatic carbocycles. The van der Waals surface area contributed by atoms with Crippen LogP contribution < -0.4 is 0 Å². The third kappa shape index (κ3) is 4.40. The molecule has 1 aliphatic heterocycles. The van der Waals surface area contributed by atoms with Gasteiger partial charge in [-0.2, -0.15) is 0 Å². The lowest BCUT2D eigenvalue weighted by molar-refractivity contribution is 0.0840. The first-order valence-corrected chi connectivity index (χ1v) is 8.82. The molecule has 1 aromatic rings. The third-order valence-corrected chi connectivity index (χ3v) is 5.33. The summed E-state index contributed by atoms with van der Waals surface area (Å²) in [5.41, 5.74) is 0.815. The van der Waals surface area contributed by atoms with Crippen molar-refractivity contribution >= 4 is 21.7 Å². The van der Waals surface area contributed by atoms with Gasteiger partial charge in [0.15, 0.2) is 5.78 Å². The Balaban J connectivity index is 2.00. The van der Waals surface area contributed by atoms with Gasteiger partial charge in [-0.05, 0) is 63.2 Å². The van der Waals surface area contributed by atoms with E-state index in [4.69, 9.17) is 0 Å². The van der Waals surface area contributed by atoms with Crippen LogP contribution in [0.3, 0.4) is 0 Å². The molecule has 0 N–H and O–H groups in total. The van der Waals surface area contributed by atoms with Gasteiger partial charge in [0.1, 0.15) is 0 Å². The molecule has 0 aromatic heterocycles. The highest BCUT2D eigenvalue weighted by Gasteiger charge is 2.26. The summed E-state index contributed by atoms with van der Waals surface area (Å²) in [6.07, 6.45) is 3.73. The monoisotopic (exact) mass is 351 g/mol. The molecule has 0 radical (unpaired) electrons. The maximum absolute atomic E-state index is 12.6. The van der Waals surface area contributed by atoms with Crippen molar-refractivity contribution in [3.63, 3.8) is 0 Å². The second-order valence-electron chi connectivity index (χ2n) is 6.52. The fourth-order valence-electron chi connectivity index (χ4n) is 3.22. The first kappa shape index (κ1) is 16.7. The van der Waals surface area contributed by atoms with E-state index in [9.17, 15) is 4.79 Å². The lowest BCUT2D eigenvalue weighted by Gasteiger charge is -2.27. The Morgan fingerprint density at radius 3 is 2.43 bits per heavy atom. The smallest absolute Gasteiger partial charge is 0.179 e. The van der Waals surface area contributed by atoms with Gasteiger partial charge in [-0.3, -0.25) is 9.69 Å². The molecule has 116 valence electrons. The molecule has 3 heteroatoms. The SMILES string of the molecule is CC(C)C1CCCN(C(C)C(=O)c2ccc(Br)cc2)CC1. The van der Waals surface area contributed by atoms with Crippen molar-refractivity contribution in [3.05, 3.63) is 34.3 Å². The van der Waals surface area contributed by atoms with E-state index in [0.717, 1.165) is 35.0 Å². The van der Waals surface area contributed by atoms with E-state index < -0.39 is 0 Å². The molecule has 2 rings (SSSR count). The predicted molar refractivity (Wildman–Crippen MR) is 91.7 cm³/mol. The topological polar surface area (TPSA) is 20.3 Å². The number of hydrogen-bond acceptors (Lipinski definition) is 2. The summed E-state index contributed by atoms with van der Waals surface area (Å²) in [6.45, 7) is 8.78. The first-order valence-electron chi connectivity index (χ1n) is 8.03. The average molecular weight is 352 g/mol. The standard InChI is InChI=1S/C18H26BrNO/c1-13(2)15-5-4-11-20(12-10-15)14(3)18(21)16-6-8-17(19)9-7-16/h6-9,13-15H,4-5,10-12H2,1-3H3. The van der Waals surface area contributed by atoms with Crippen LogP contribution in [-0.2, 0) is 0 Å². The normalized spacial score (nSPS) is 22.0. The number of carbonyl (C=O) groups is 1. The van der Waals surface area contributed by atoms with Gasteiger partial charge in [0.2, 0.25) is 0 Å². The summed E-state index contributed by atoms with van der Waals surface area (Å²) >= 11 is 3.42. The number of likely N-dealkylation sites (tertiary alicyclic amines) is 1. The predicted octanol–water partition coefficient (Wildman–Crippen LogP) is 4.78. The number of ketones is 1. The van der Waals surface area contributed by atoms with E-state index in [1.807, 2.05) is 24.3 Å². The zero-order chi connectivity index (χ0) is 15.4. The Morgan fingerprint density at radius 2 is 1.81 bits per heavy atom. The van der Waals surface area contributed by atoms with E-state index in [-0.39, 0.29) is 11.8 Å². The van der Waals surface area contributed by atoms with Gasteiger partial charge in [0, 0.05) is 10.0 Å². The van der Waals surface area contributed by atoms with Crippen LogP contribution in [0.2, 0.25) is 0 Å². The number of halogens is 1. The van der Waals surface area contributed by atoms with Crippen molar-refractivity contribution in [2.24, 2.45) is 11.8 Å². The molecule has 0 amide bonds. The van der Waals surface area contributed by atoms with Gasteiger partial charge in [0.25, 0.3) is 0 Å². The Labute approximate surface area is 137 Å². The minimum atomic E-state index is -0.0166. The molecular formula is C18H26BrNO. The van der Waals surface area contributed by atoms with Crippen molar-refractivity contribution < 1.29 is 4.79 Å². The van der Waals surface area contributed by atoms with Gasteiger partial charge >= 0.3 is 0 Å². The van der Waals surface area contributed by atoms with E-state index in [0.29, 0.717) is 0 Å². The molecule has 2 nitrogen and oxygen atoms in total. The van der Waals surface area contributed by atoms with Gasteiger partial charge < -0.3 is 0 Å². The molecule has 21 heavy (non-hydrogen) atoms. The lowest BCUT2D eigenvalue weighted by atomic mass is 9.89. The van der Waals surface area contributed by atoms with E-state index in [1.54, 1.807) is 0 Å². The summed E-state index contributed by atoms with van der Waals surface area (Å²) in [4.78, 5) is 15.0. The summed E-state index contributed by atoms with van der Waals surface area (Å²) in [5, 5.41) is 0. The number of rotatable bonds is 4. The summed E-state index contributed by atoms with van der Waals surface area (Å²) < 4.78 is 1.02. The van der Waals surface area contributed by atoms with Crippen LogP contribution in [0.25, 0.3) is 0 Å². The van der Waals surface area contributed by atoms with Crippen LogP contribution in [0.15, 0.2) is 28.7 Å². The Morgan fingerprint density at radius 1 is 1.14 bits per heavy atom. The number of carbonyl (C=O) groups excluding carboxylic acids is 1. The zero-order valence-electron chi connectivity index (χ0n) is 13.3. The number of benzene rings is 1.